The van der Waals surface area contributed by atoms with Crippen molar-refractivity contribution in [3.63, 3.8) is 0 Å². The predicted octanol–water partition coefficient (Wildman–Crippen LogP) is 0.938. The Kier molecular flexibility index (Phi) is 2.06. The van der Waals surface area contributed by atoms with E-state index >= 15 is 0 Å². The second kappa shape index (κ2) is 2.98. The number of rotatable bonds is 1. The normalized spacial score (nSPS) is 43.2. The van der Waals surface area contributed by atoms with Crippen molar-refractivity contribution in [1.29, 1.82) is 0 Å². The maximum absolute atomic E-state index is 11.4. The Morgan fingerprint density at radius 3 is 2.77 bits per heavy atom. The van der Waals surface area contributed by atoms with Crippen LogP contribution in [-0.4, -0.2) is 25.7 Å². The molecular weight excluding hydrogens is 166 g/mol. The van der Waals surface area contributed by atoms with Gasteiger partial charge in [0.2, 0.25) is 0 Å². The zero-order valence-corrected chi connectivity index (χ0v) is 8.30. The third-order valence-electron chi connectivity index (χ3n) is 3.60. The largest absolute Gasteiger partial charge is 0.468 e. The second-order valence-electron chi connectivity index (χ2n) is 4.55. The molecule has 2 fully saturated rings. The van der Waals surface area contributed by atoms with Crippen LogP contribution in [0.25, 0.3) is 0 Å². The van der Waals surface area contributed by atoms with Crippen molar-refractivity contribution in [2.24, 2.45) is 11.3 Å². The molecule has 3 heteroatoms. The van der Waals surface area contributed by atoms with E-state index in [0.29, 0.717) is 0 Å². The lowest BCUT2D eigenvalue weighted by atomic mass is 9.71. The highest BCUT2D eigenvalue weighted by atomic mass is 16.5. The molecule has 13 heavy (non-hydrogen) atoms. The fourth-order valence-electron chi connectivity index (χ4n) is 2.80. The minimum Gasteiger partial charge on any atom is -0.468 e. The smallest absolute Gasteiger partial charge is 0.323 e. The number of esters is 1. The fraction of sp³-hybridized carbons (Fsp3) is 0.900. The van der Waals surface area contributed by atoms with Crippen LogP contribution in [0.4, 0.5) is 0 Å². The zero-order valence-electron chi connectivity index (χ0n) is 8.30. The molecule has 1 aliphatic heterocycles. The van der Waals surface area contributed by atoms with Gasteiger partial charge in [-0.05, 0) is 18.8 Å². The maximum atomic E-state index is 11.4. The van der Waals surface area contributed by atoms with Crippen LogP contribution in [0.3, 0.4) is 0 Å². The van der Waals surface area contributed by atoms with Crippen molar-refractivity contribution in [3.05, 3.63) is 0 Å². The Morgan fingerprint density at radius 1 is 1.62 bits per heavy atom. The molecule has 0 unspecified atom stereocenters. The Morgan fingerprint density at radius 2 is 2.38 bits per heavy atom. The first-order valence-corrected chi connectivity index (χ1v) is 4.99. The van der Waals surface area contributed by atoms with Crippen molar-refractivity contribution in [2.75, 3.05) is 13.7 Å². The molecule has 0 radical (unpaired) electrons. The molecule has 1 N–H and O–H groups in total. The van der Waals surface area contributed by atoms with Crippen molar-refractivity contribution in [2.45, 2.75) is 32.2 Å². The topological polar surface area (TPSA) is 38.3 Å². The average Bonchev–Trinajstić information content (AvgIpc) is 2.48. The van der Waals surface area contributed by atoms with E-state index in [9.17, 15) is 4.79 Å². The molecule has 74 valence electrons. The van der Waals surface area contributed by atoms with Gasteiger partial charge in [0.1, 0.15) is 6.04 Å². The number of methoxy groups -OCH3 is 1. The van der Waals surface area contributed by atoms with E-state index in [1.807, 2.05) is 0 Å². The van der Waals surface area contributed by atoms with Crippen molar-refractivity contribution in [3.8, 4) is 0 Å². The van der Waals surface area contributed by atoms with E-state index in [4.69, 9.17) is 4.74 Å². The van der Waals surface area contributed by atoms with Gasteiger partial charge in [-0.25, -0.2) is 0 Å². The number of carbonyl (C=O) groups excluding carboxylic acids is 1. The van der Waals surface area contributed by atoms with Crippen LogP contribution in [0.2, 0.25) is 0 Å². The van der Waals surface area contributed by atoms with Gasteiger partial charge in [0.15, 0.2) is 0 Å². The molecular formula is C10H17NO2. The summed E-state index contributed by atoms with van der Waals surface area (Å²) < 4.78 is 4.77. The third kappa shape index (κ3) is 1.26. The number of hydrogen-bond donors (Lipinski definition) is 1. The van der Waals surface area contributed by atoms with Gasteiger partial charge >= 0.3 is 5.97 Å². The summed E-state index contributed by atoms with van der Waals surface area (Å²) in [5.74, 6) is 0.689. The highest BCUT2D eigenvalue weighted by Crippen LogP contribution is 2.48. The first-order chi connectivity index (χ1) is 6.18. The molecule has 1 saturated carbocycles. The lowest BCUT2D eigenvalue weighted by Gasteiger charge is -2.46. The summed E-state index contributed by atoms with van der Waals surface area (Å²) in [5, 5.41) is 3.17. The summed E-state index contributed by atoms with van der Waals surface area (Å²) in [4.78, 5) is 11.4. The minimum atomic E-state index is -0.0830. The average molecular weight is 183 g/mol. The van der Waals surface area contributed by atoms with E-state index in [1.165, 1.54) is 26.4 Å². The lowest BCUT2D eigenvalue weighted by Crippen LogP contribution is -2.65. The number of ether oxygens (including phenoxy) is 1. The molecule has 0 aromatic carbocycles. The molecule has 0 aromatic rings. The molecule has 2 rings (SSSR count). The van der Waals surface area contributed by atoms with Gasteiger partial charge in [-0.3, -0.25) is 4.79 Å². The van der Waals surface area contributed by atoms with E-state index < -0.39 is 0 Å². The minimum absolute atomic E-state index is 0.0255. The molecule has 1 heterocycles. The maximum Gasteiger partial charge on any atom is 0.323 e. The Labute approximate surface area is 78.8 Å². The molecule has 3 nitrogen and oxygen atoms in total. The van der Waals surface area contributed by atoms with Crippen LogP contribution in [0.5, 0.6) is 0 Å². The molecule has 1 aliphatic carbocycles. The van der Waals surface area contributed by atoms with Crippen LogP contribution in [0.1, 0.15) is 26.2 Å². The molecule has 0 aromatic heterocycles. The summed E-state index contributed by atoms with van der Waals surface area (Å²) in [7, 11) is 1.47. The number of nitrogens with one attached hydrogen (secondary N) is 1. The molecule has 3 atom stereocenters. The summed E-state index contributed by atoms with van der Waals surface area (Å²) in [6.45, 7) is 3.26. The summed E-state index contributed by atoms with van der Waals surface area (Å²) in [6, 6.07) is -0.0255. The van der Waals surface area contributed by atoms with Gasteiger partial charge in [-0.1, -0.05) is 13.3 Å². The van der Waals surface area contributed by atoms with Crippen LogP contribution in [0, 0.1) is 11.3 Å². The molecule has 2 aliphatic rings. The van der Waals surface area contributed by atoms with Gasteiger partial charge in [0.25, 0.3) is 0 Å². The van der Waals surface area contributed by atoms with E-state index in [-0.39, 0.29) is 17.4 Å². The predicted molar refractivity (Wildman–Crippen MR) is 49.3 cm³/mol. The van der Waals surface area contributed by atoms with Crippen molar-refractivity contribution >= 4 is 5.97 Å². The standard InChI is InChI=1S/C10H17NO2/c1-7-3-4-10(5-7)6-11-8(10)9(12)13-2/h7-8,11H,3-6H2,1-2H3/t7-,8+,10+/m1/s1. The van der Waals surface area contributed by atoms with Gasteiger partial charge < -0.3 is 10.1 Å². The summed E-state index contributed by atoms with van der Waals surface area (Å²) in [6.07, 6.45) is 3.62. The highest BCUT2D eigenvalue weighted by Gasteiger charge is 2.53. The lowest BCUT2D eigenvalue weighted by molar-refractivity contribution is -0.151. The van der Waals surface area contributed by atoms with Gasteiger partial charge in [-0.2, -0.15) is 0 Å². The molecule has 1 saturated heterocycles. The number of hydrogen-bond acceptors (Lipinski definition) is 3. The third-order valence-corrected chi connectivity index (χ3v) is 3.60. The summed E-state index contributed by atoms with van der Waals surface area (Å²) >= 11 is 0. The van der Waals surface area contributed by atoms with Crippen molar-refractivity contribution < 1.29 is 9.53 Å². The van der Waals surface area contributed by atoms with Crippen LogP contribution in [-0.2, 0) is 9.53 Å². The van der Waals surface area contributed by atoms with Crippen LogP contribution < -0.4 is 5.32 Å². The Balaban J connectivity index is 2.04. The first-order valence-electron chi connectivity index (χ1n) is 4.99. The Hall–Kier alpha value is -0.570. The van der Waals surface area contributed by atoms with E-state index in [2.05, 4.69) is 12.2 Å². The molecule has 1 spiro atoms. The quantitative estimate of drug-likeness (QED) is 0.615. The van der Waals surface area contributed by atoms with Gasteiger partial charge in [0.05, 0.1) is 7.11 Å². The zero-order chi connectivity index (χ0) is 9.47. The van der Waals surface area contributed by atoms with Gasteiger partial charge in [-0.15, -0.1) is 0 Å². The summed E-state index contributed by atoms with van der Waals surface area (Å²) in [5.41, 5.74) is 0.243. The van der Waals surface area contributed by atoms with Crippen LogP contribution >= 0.6 is 0 Å². The van der Waals surface area contributed by atoms with E-state index in [0.717, 1.165) is 12.5 Å². The SMILES string of the molecule is COC(=O)[C@@H]1NC[C@@]12CC[C@@H](C)C2. The highest BCUT2D eigenvalue weighted by molar-refractivity contribution is 5.78. The Bertz CT molecular complexity index is 229. The molecule has 0 bridgehead atoms. The van der Waals surface area contributed by atoms with E-state index in [1.54, 1.807) is 0 Å². The van der Waals surface area contributed by atoms with Crippen LogP contribution in [0.15, 0.2) is 0 Å². The first kappa shape index (κ1) is 9.00. The van der Waals surface area contributed by atoms with Crippen molar-refractivity contribution in [1.82, 2.24) is 5.32 Å². The second-order valence-corrected chi connectivity index (χ2v) is 4.55. The number of carbonyl (C=O) groups is 1. The molecule has 0 amide bonds. The fourth-order valence-corrected chi connectivity index (χ4v) is 2.80. The monoisotopic (exact) mass is 183 g/mol. The van der Waals surface area contributed by atoms with Gasteiger partial charge in [0, 0.05) is 12.0 Å².